The number of hydrogen-bond donors (Lipinski definition) is 1. The second-order valence-electron chi connectivity index (χ2n) is 4.65. The summed E-state index contributed by atoms with van der Waals surface area (Å²) in [6.45, 7) is 5.87. The third-order valence-corrected chi connectivity index (χ3v) is 2.18. The Kier molecular flexibility index (Phi) is 2.65. The van der Waals surface area contributed by atoms with Crippen molar-refractivity contribution in [3.63, 3.8) is 0 Å². The van der Waals surface area contributed by atoms with Gasteiger partial charge in [-0.3, -0.25) is 4.99 Å². The number of rotatable bonds is 2. The zero-order valence-electron chi connectivity index (χ0n) is 8.72. The second kappa shape index (κ2) is 3.33. The van der Waals surface area contributed by atoms with Crippen LogP contribution in [0.1, 0.15) is 27.2 Å². The van der Waals surface area contributed by atoms with E-state index in [2.05, 4.69) is 4.99 Å². The van der Waals surface area contributed by atoms with E-state index in [0.29, 0.717) is 5.70 Å². The molecule has 0 amide bonds. The largest absolute Gasteiger partial charge is 0.402 e. The number of aliphatic imine (C=N–C) groups is 1. The molecular formula is C10H16F2N2. The van der Waals surface area contributed by atoms with Crippen LogP contribution in [0.4, 0.5) is 8.78 Å². The van der Waals surface area contributed by atoms with Gasteiger partial charge in [0.1, 0.15) is 6.04 Å². The average Bonchev–Trinajstić information content (AvgIpc) is 2.57. The number of nitrogens with two attached hydrogens (primary N) is 1. The summed E-state index contributed by atoms with van der Waals surface area (Å²) in [5.41, 5.74) is 6.21. The molecule has 2 nitrogen and oxygen atoms in total. The van der Waals surface area contributed by atoms with E-state index in [0.717, 1.165) is 0 Å². The van der Waals surface area contributed by atoms with Gasteiger partial charge in [0.15, 0.2) is 0 Å². The maximum Gasteiger partial charge on any atom is 0.272 e. The molecule has 1 unspecified atom stereocenters. The Morgan fingerprint density at radius 1 is 1.50 bits per heavy atom. The highest BCUT2D eigenvalue weighted by Crippen LogP contribution is 2.44. The Hall–Kier alpha value is -0.930. The summed E-state index contributed by atoms with van der Waals surface area (Å²) < 4.78 is 24.8. The molecule has 1 aliphatic rings. The van der Waals surface area contributed by atoms with Crippen LogP contribution in [0.5, 0.6) is 0 Å². The molecule has 0 heterocycles. The summed E-state index contributed by atoms with van der Waals surface area (Å²) in [5.74, 6) is -2.58. The van der Waals surface area contributed by atoms with Gasteiger partial charge in [0.05, 0.1) is 0 Å². The minimum Gasteiger partial charge on any atom is -0.402 e. The summed E-state index contributed by atoms with van der Waals surface area (Å²) in [4.78, 5) is 3.71. The molecule has 0 aliphatic heterocycles. The molecule has 4 heteroatoms. The number of halogens is 2. The van der Waals surface area contributed by atoms with Crippen molar-refractivity contribution in [3.05, 3.63) is 11.8 Å². The Morgan fingerprint density at radius 2 is 2.00 bits per heavy atom. The third-order valence-electron chi connectivity index (χ3n) is 2.18. The van der Waals surface area contributed by atoms with E-state index < -0.39 is 12.0 Å². The van der Waals surface area contributed by atoms with E-state index >= 15 is 0 Å². The van der Waals surface area contributed by atoms with E-state index in [1.165, 1.54) is 6.21 Å². The van der Waals surface area contributed by atoms with Gasteiger partial charge in [-0.15, -0.1) is 0 Å². The van der Waals surface area contributed by atoms with Crippen LogP contribution in [0.15, 0.2) is 16.8 Å². The van der Waals surface area contributed by atoms with Gasteiger partial charge in [-0.2, -0.15) is 0 Å². The smallest absolute Gasteiger partial charge is 0.272 e. The normalized spacial score (nSPS) is 26.9. The summed E-state index contributed by atoms with van der Waals surface area (Å²) in [7, 11) is 0. The maximum atomic E-state index is 12.4. The highest BCUT2D eigenvalue weighted by Gasteiger charge is 2.57. The fourth-order valence-electron chi connectivity index (χ4n) is 0.838. The van der Waals surface area contributed by atoms with E-state index in [-0.39, 0.29) is 11.8 Å². The van der Waals surface area contributed by atoms with Crippen molar-refractivity contribution in [3.8, 4) is 0 Å². The van der Waals surface area contributed by atoms with E-state index in [1.54, 1.807) is 6.08 Å². The molecule has 0 saturated heterocycles. The monoisotopic (exact) mass is 202 g/mol. The molecule has 0 aromatic rings. The Morgan fingerprint density at radius 3 is 2.36 bits per heavy atom. The highest BCUT2D eigenvalue weighted by atomic mass is 19.3. The minimum atomic E-state index is -2.58. The molecule has 1 rings (SSSR count). The molecule has 1 atom stereocenters. The number of nitrogens with zero attached hydrogens (tertiary/aromatic N) is 1. The SMILES string of the molecule is CC(C)(C)/C(N)=C/C=NC1CC1(F)F. The molecule has 1 aliphatic carbocycles. The fourth-order valence-corrected chi connectivity index (χ4v) is 0.838. The van der Waals surface area contributed by atoms with Gasteiger partial charge in [0, 0.05) is 23.7 Å². The lowest BCUT2D eigenvalue weighted by Gasteiger charge is -2.17. The van der Waals surface area contributed by atoms with Crippen LogP contribution < -0.4 is 5.73 Å². The van der Waals surface area contributed by atoms with Crippen molar-refractivity contribution in [2.75, 3.05) is 0 Å². The summed E-state index contributed by atoms with van der Waals surface area (Å²) in [5, 5.41) is 0. The van der Waals surface area contributed by atoms with Crippen molar-refractivity contribution < 1.29 is 8.78 Å². The first kappa shape index (κ1) is 11.1. The van der Waals surface area contributed by atoms with Crippen LogP contribution in [0.3, 0.4) is 0 Å². The molecule has 0 bridgehead atoms. The van der Waals surface area contributed by atoms with Crippen LogP contribution >= 0.6 is 0 Å². The van der Waals surface area contributed by atoms with Crippen molar-refractivity contribution in [1.82, 2.24) is 0 Å². The van der Waals surface area contributed by atoms with Gasteiger partial charge in [-0.1, -0.05) is 20.8 Å². The number of hydrogen-bond acceptors (Lipinski definition) is 2. The summed E-state index contributed by atoms with van der Waals surface area (Å²) >= 11 is 0. The van der Waals surface area contributed by atoms with Gasteiger partial charge in [-0.25, -0.2) is 8.78 Å². The van der Waals surface area contributed by atoms with Crippen molar-refractivity contribution >= 4 is 6.21 Å². The van der Waals surface area contributed by atoms with Crippen LogP contribution in [0.25, 0.3) is 0 Å². The Bertz CT molecular complexity index is 274. The standard InChI is InChI=1S/C10H16F2N2/c1-9(2,3)7(13)4-5-14-8-6-10(8,11)12/h4-5,8H,6,13H2,1-3H3/b7-4-,14-5?. The minimum absolute atomic E-state index is 0.132. The van der Waals surface area contributed by atoms with Crippen molar-refractivity contribution in [2.24, 2.45) is 16.1 Å². The lowest BCUT2D eigenvalue weighted by Crippen LogP contribution is -2.17. The lowest BCUT2D eigenvalue weighted by atomic mass is 9.92. The molecule has 0 aromatic heterocycles. The number of alkyl halides is 2. The molecule has 14 heavy (non-hydrogen) atoms. The topological polar surface area (TPSA) is 38.4 Å². The Labute approximate surface area is 82.9 Å². The van der Waals surface area contributed by atoms with Crippen LogP contribution in [0.2, 0.25) is 0 Å². The van der Waals surface area contributed by atoms with Crippen molar-refractivity contribution in [2.45, 2.75) is 39.2 Å². The summed E-state index contributed by atoms with van der Waals surface area (Å²) in [6, 6.07) is -0.827. The van der Waals surface area contributed by atoms with Crippen molar-refractivity contribution in [1.29, 1.82) is 0 Å². The molecule has 80 valence electrons. The van der Waals surface area contributed by atoms with Gasteiger partial charge in [0.25, 0.3) is 5.92 Å². The van der Waals surface area contributed by atoms with E-state index in [4.69, 9.17) is 5.73 Å². The van der Waals surface area contributed by atoms with Crippen LogP contribution in [-0.4, -0.2) is 18.2 Å². The van der Waals surface area contributed by atoms with Gasteiger partial charge in [0.2, 0.25) is 0 Å². The van der Waals surface area contributed by atoms with E-state index in [1.807, 2.05) is 20.8 Å². The third kappa shape index (κ3) is 2.79. The first-order chi connectivity index (χ1) is 6.23. The first-order valence-electron chi connectivity index (χ1n) is 4.61. The maximum absolute atomic E-state index is 12.4. The summed E-state index contributed by atoms with van der Waals surface area (Å²) in [6.07, 6.45) is 2.84. The molecule has 0 aromatic carbocycles. The lowest BCUT2D eigenvalue weighted by molar-refractivity contribution is 0.113. The predicted molar refractivity (Wildman–Crippen MR) is 53.6 cm³/mol. The zero-order valence-corrected chi connectivity index (χ0v) is 8.72. The zero-order chi connectivity index (χ0) is 11.0. The van der Waals surface area contributed by atoms with Gasteiger partial charge >= 0.3 is 0 Å². The molecular weight excluding hydrogens is 186 g/mol. The number of allylic oxidation sites excluding steroid dienone is 2. The Balaban J connectivity index is 2.48. The predicted octanol–water partition coefficient (Wildman–Crippen LogP) is 2.35. The van der Waals surface area contributed by atoms with E-state index in [9.17, 15) is 8.78 Å². The van der Waals surface area contributed by atoms with Crippen LogP contribution in [-0.2, 0) is 0 Å². The quantitative estimate of drug-likeness (QED) is 0.686. The second-order valence-corrected chi connectivity index (χ2v) is 4.65. The first-order valence-corrected chi connectivity index (χ1v) is 4.61. The molecule has 2 N–H and O–H groups in total. The fraction of sp³-hybridized carbons (Fsp3) is 0.700. The van der Waals surface area contributed by atoms with Crippen LogP contribution in [0, 0.1) is 5.41 Å². The molecule has 0 spiro atoms. The highest BCUT2D eigenvalue weighted by molar-refractivity contribution is 5.72. The molecule has 0 radical (unpaired) electrons. The average molecular weight is 202 g/mol. The van der Waals surface area contributed by atoms with Gasteiger partial charge < -0.3 is 5.73 Å². The molecule has 1 fully saturated rings. The molecule has 1 saturated carbocycles. The van der Waals surface area contributed by atoms with Gasteiger partial charge in [-0.05, 0) is 6.08 Å².